The summed E-state index contributed by atoms with van der Waals surface area (Å²) in [4.78, 5) is 24.3. The van der Waals surface area contributed by atoms with Crippen molar-refractivity contribution in [1.29, 1.82) is 0 Å². The predicted octanol–water partition coefficient (Wildman–Crippen LogP) is 2.54. The average molecular weight is 291 g/mol. The molecule has 1 aliphatic heterocycles. The quantitative estimate of drug-likeness (QED) is 0.922. The third-order valence-electron chi connectivity index (χ3n) is 3.52. The van der Waals surface area contributed by atoms with Crippen molar-refractivity contribution < 1.29 is 18.5 Å². The van der Waals surface area contributed by atoms with Crippen molar-refractivity contribution in [1.82, 2.24) is 10.5 Å². The molecule has 21 heavy (non-hydrogen) atoms. The third kappa shape index (κ3) is 2.14. The van der Waals surface area contributed by atoms with E-state index in [-0.39, 0.29) is 36.2 Å². The van der Waals surface area contributed by atoms with Gasteiger partial charge in [-0.2, -0.15) is 0 Å². The molecule has 0 bridgehead atoms. The van der Waals surface area contributed by atoms with Crippen LogP contribution in [0.1, 0.15) is 31.7 Å². The molecule has 1 fully saturated rings. The number of urea groups is 1. The van der Waals surface area contributed by atoms with E-state index in [1.165, 1.54) is 4.90 Å². The van der Waals surface area contributed by atoms with Gasteiger partial charge in [-0.25, -0.2) is 9.18 Å². The summed E-state index contributed by atoms with van der Waals surface area (Å²) in [6, 6.07) is 2.77. The van der Waals surface area contributed by atoms with Crippen molar-refractivity contribution in [2.75, 3.05) is 11.4 Å². The zero-order chi connectivity index (χ0) is 15.1. The number of hydrogen-bond donors (Lipinski definition) is 1. The number of rotatable bonds is 2. The molecule has 7 heteroatoms. The Morgan fingerprint density at radius 2 is 2.14 bits per heavy atom. The van der Waals surface area contributed by atoms with Crippen molar-refractivity contribution in [3.8, 4) is 0 Å². The first-order valence-corrected chi connectivity index (χ1v) is 6.68. The van der Waals surface area contributed by atoms with Crippen LogP contribution in [0.15, 0.2) is 16.7 Å². The highest BCUT2D eigenvalue weighted by Crippen LogP contribution is 2.32. The molecule has 6 nitrogen and oxygen atoms in total. The number of benzene rings is 1. The maximum atomic E-state index is 14.4. The highest BCUT2D eigenvalue weighted by atomic mass is 19.1. The van der Waals surface area contributed by atoms with E-state index < -0.39 is 11.8 Å². The van der Waals surface area contributed by atoms with Gasteiger partial charge in [0, 0.05) is 13.0 Å². The Kier molecular flexibility index (Phi) is 3.12. The minimum atomic E-state index is -0.574. The fourth-order valence-corrected chi connectivity index (χ4v) is 2.38. The number of nitrogens with zero attached hydrogens (tertiary/aromatic N) is 2. The standard InChI is InChI=1S/C14H14FN3O3/c1-7(2)8-3-4-9-12(11(8)15)21-17-13(9)18-6-5-10(19)16-14(18)20/h3-4,7H,5-6H2,1-2H3,(H,16,19,20). The van der Waals surface area contributed by atoms with E-state index in [1.54, 1.807) is 12.1 Å². The van der Waals surface area contributed by atoms with Gasteiger partial charge in [0.25, 0.3) is 0 Å². The van der Waals surface area contributed by atoms with Gasteiger partial charge < -0.3 is 4.52 Å². The Labute approximate surface area is 119 Å². The Morgan fingerprint density at radius 3 is 2.81 bits per heavy atom. The summed E-state index contributed by atoms with van der Waals surface area (Å²) < 4.78 is 19.4. The Morgan fingerprint density at radius 1 is 1.38 bits per heavy atom. The third-order valence-corrected chi connectivity index (χ3v) is 3.52. The van der Waals surface area contributed by atoms with Gasteiger partial charge in [-0.3, -0.25) is 15.0 Å². The predicted molar refractivity (Wildman–Crippen MR) is 73.6 cm³/mol. The molecule has 1 saturated heterocycles. The molecule has 0 aliphatic carbocycles. The van der Waals surface area contributed by atoms with E-state index in [9.17, 15) is 14.0 Å². The van der Waals surface area contributed by atoms with Crippen LogP contribution >= 0.6 is 0 Å². The molecule has 3 rings (SSSR count). The molecule has 2 heterocycles. The first-order chi connectivity index (χ1) is 9.99. The fraction of sp³-hybridized carbons (Fsp3) is 0.357. The lowest BCUT2D eigenvalue weighted by molar-refractivity contribution is -0.120. The minimum Gasteiger partial charge on any atom is -0.351 e. The topological polar surface area (TPSA) is 75.4 Å². The van der Waals surface area contributed by atoms with E-state index in [0.717, 1.165) is 0 Å². The van der Waals surface area contributed by atoms with E-state index in [4.69, 9.17) is 4.52 Å². The molecule has 1 aromatic heterocycles. The van der Waals surface area contributed by atoms with Crippen LogP contribution in [-0.2, 0) is 4.79 Å². The molecule has 0 spiro atoms. The highest BCUT2D eigenvalue weighted by molar-refractivity contribution is 6.08. The van der Waals surface area contributed by atoms with Crippen LogP contribution in [0.25, 0.3) is 11.0 Å². The van der Waals surface area contributed by atoms with Gasteiger partial charge in [0.1, 0.15) is 0 Å². The van der Waals surface area contributed by atoms with Gasteiger partial charge in [0.05, 0.1) is 5.39 Å². The van der Waals surface area contributed by atoms with Crippen molar-refractivity contribution in [3.63, 3.8) is 0 Å². The molecular formula is C14H14FN3O3. The summed E-state index contributed by atoms with van der Waals surface area (Å²) in [6.07, 6.45) is 0.173. The van der Waals surface area contributed by atoms with E-state index >= 15 is 0 Å². The van der Waals surface area contributed by atoms with Crippen LogP contribution in [0.4, 0.5) is 15.0 Å². The largest absolute Gasteiger partial charge is 0.351 e. The minimum absolute atomic E-state index is 0.0128. The Balaban J connectivity index is 2.07. The number of imide groups is 1. The Hall–Kier alpha value is -2.44. The second-order valence-corrected chi connectivity index (χ2v) is 5.26. The van der Waals surface area contributed by atoms with Gasteiger partial charge in [0.15, 0.2) is 11.6 Å². The normalized spacial score (nSPS) is 15.9. The molecule has 1 aromatic carbocycles. The summed E-state index contributed by atoms with van der Waals surface area (Å²) in [7, 11) is 0. The lowest BCUT2D eigenvalue weighted by Gasteiger charge is -2.24. The first-order valence-electron chi connectivity index (χ1n) is 6.68. The fourth-order valence-electron chi connectivity index (χ4n) is 2.38. The zero-order valence-corrected chi connectivity index (χ0v) is 11.6. The number of halogens is 1. The van der Waals surface area contributed by atoms with Crippen molar-refractivity contribution in [2.45, 2.75) is 26.2 Å². The number of amides is 3. The van der Waals surface area contributed by atoms with Crippen LogP contribution in [0.5, 0.6) is 0 Å². The molecule has 0 unspecified atom stereocenters. The molecule has 0 saturated carbocycles. The number of fused-ring (bicyclic) bond motifs is 1. The van der Waals surface area contributed by atoms with Crippen molar-refractivity contribution in [3.05, 3.63) is 23.5 Å². The van der Waals surface area contributed by atoms with Crippen LogP contribution in [0.3, 0.4) is 0 Å². The molecule has 3 amide bonds. The molecule has 1 aliphatic rings. The van der Waals surface area contributed by atoms with Gasteiger partial charge in [-0.15, -0.1) is 0 Å². The smallest absolute Gasteiger partial charge is 0.329 e. The summed E-state index contributed by atoms with van der Waals surface area (Å²) >= 11 is 0. The average Bonchev–Trinajstić information content (AvgIpc) is 2.83. The SMILES string of the molecule is CC(C)c1ccc2c(N3CCC(=O)NC3=O)noc2c1F. The molecule has 110 valence electrons. The van der Waals surface area contributed by atoms with Crippen LogP contribution in [0.2, 0.25) is 0 Å². The first kappa shape index (κ1) is 13.5. The molecule has 2 aromatic rings. The van der Waals surface area contributed by atoms with Crippen molar-refractivity contribution >= 4 is 28.7 Å². The summed E-state index contributed by atoms with van der Waals surface area (Å²) in [5.41, 5.74) is 0.560. The number of carbonyl (C=O) groups is 2. The lowest BCUT2D eigenvalue weighted by Crippen LogP contribution is -2.49. The summed E-state index contributed by atoms with van der Waals surface area (Å²) in [5, 5.41) is 6.41. The van der Waals surface area contributed by atoms with E-state index in [2.05, 4.69) is 10.5 Å². The number of anilines is 1. The summed E-state index contributed by atoms with van der Waals surface area (Å²) in [6.45, 7) is 3.95. The van der Waals surface area contributed by atoms with Gasteiger partial charge in [0.2, 0.25) is 11.5 Å². The maximum absolute atomic E-state index is 14.4. The number of hydrogen-bond acceptors (Lipinski definition) is 4. The molecule has 0 atom stereocenters. The van der Waals surface area contributed by atoms with Gasteiger partial charge in [-0.05, 0) is 17.5 Å². The van der Waals surface area contributed by atoms with Gasteiger partial charge in [-0.1, -0.05) is 25.1 Å². The number of aromatic nitrogens is 1. The zero-order valence-electron chi connectivity index (χ0n) is 11.6. The Bertz CT molecular complexity index is 738. The number of carbonyl (C=O) groups excluding carboxylic acids is 2. The second-order valence-electron chi connectivity index (χ2n) is 5.26. The van der Waals surface area contributed by atoms with Crippen LogP contribution < -0.4 is 10.2 Å². The number of nitrogens with one attached hydrogen (secondary N) is 1. The van der Waals surface area contributed by atoms with Gasteiger partial charge >= 0.3 is 6.03 Å². The second kappa shape index (κ2) is 4.83. The van der Waals surface area contributed by atoms with Crippen LogP contribution in [0, 0.1) is 5.82 Å². The molecule has 1 N–H and O–H groups in total. The van der Waals surface area contributed by atoms with Crippen molar-refractivity contribution in [2.24, 2.45) is 0 Å². The monoisotopic (exact) mass is 291 g/mol. The molecule has 0 radical (unpaired) electrons. The van der Waals surface area contributed by atoms with E-state index in [1.807, 2.05) is 13.8 Å². The van der Waals surface area contributed by atoms with Crippen LogP contribution in [-0.4, -0.2) is 23.6 Å². The lowest BCUT2D eigenvalue weighted by atomic mass is 10.0. The summed E-state index contributed by atoms with van der Waals surface area (Å²) in [5.74, 6) is -0.560. The maximum Gasteiger partial charge on any atom is 0.329 e. The van der Waals surface area contributed by atoms with E-state index in [0.29, 0.717) is 10.9 Å². The highest BCUT2D eigenvalue weighted by Gasteiger charge is 2.29. The molecular weight excluding hydrogens is 277 g/mol.